The highest BCUT2D eigenvalue weighted by molar-refractivity contribution is 6.27. The number of fused-ring (bicyclic) bond motifs is 3. The number of nitrogens with one attached hydrogen (secondary N) is 1. The highest BCUT2D eigenvalue weighted by atomic mass is 35.5. The first-order valence-corrected chi connectivity index (χ1v) is 10.3. The molecule has 2 heterocycles. The van der Waals surface area contributed by atoms with Crippen molar-refractivity contribution >= 4 is 34.4 Å². The standard InChI is InChI=1S/C23H23ClN2O3/c1-3-16-12-18-17-6-4-5-7-19(17)25-21(18)22(26(16)20(27)13-24)14-8-10-15(11-9-14)23(28)29-2/h4-11,16,22,25H,3,12-13H2,1-2H3/t16-,22+/m0/s1. The molecule has 1 N–H and O–H groups in total. The molecule has 2 aromatic carbocycles. The van der Waals surface area contributed by atoms with E-state index in [9.17, 15) is 9.59 Å². The molecule has 1 amide bonds. The van der Waals surface area contributed by atoms with Crippen LogP contribution in [0.4, 0.5) is 0 Å². The van der Waals surface area contributed by atoms with E-state index >= 15 is 0 Å². The summed E-state index contributed by atoms with van der Waals surface area (Å²) in [6.07, 6.45) is 1.62. The van der Waals surface area contributed by atoms with Crippen molar-refractivity contribution in [1.29, 1.82) is 0 Å². The molecule has 4 rings (SSSR count). The number of amides is 1. The van der Waals surface area contributed by atoms with Gasteiger partial charge in [0.05, 0.1) is 18.7 Å². The zero-order valence-electron chi connectivity index (χ0n) is 16.4. The maximum Gasteiger partial charge on any atom is 0.337 e. The number of aromatic nitrogens is 1. The average molecular weight is 411 g/mol. The zero-order chi connectivity index (χ0) is 20.5. The number of hydrogen-bond acceptors (Lipinski definition) is 3. The van der Waals surface area contributed by atoms with Crippen LogP contribution in [0, 0.1) is 0 Å². The summed E-state index contributed by atoms with van der Waals surface area (Å²) in [7, 11) is 1.36. The molecule has 1 aliphatic heterocycles. The van der Waals surface area contributed by atoms with Gasteiger partial charge in [-0.3, -0.25) is 4.79 Å². The minimum Gasteiger partial charge on any atom is -0.465 e. The number of para-hydroxylation sites is 1. The second-order valence-electron chi connectivity index (χ2n) is 7.28. The van der Waals surface area contributed by atoms with E-state index in [0.717, 1.165) is 29.6 Å². The quantitative estimate of drug-likeness (QED) is 0.510. The number of nitrogens with zero attached hydrogens (tertiary/aromatic N) is 1. The van der Waals surface area contributed by atoms with Crippen LogP contribution in [-0.4, -0.2) is 40.8 Å². The van der Waals surface area contributed by atoms with E-state index in [1.807, 2.05) is 29.2 Å². The lowest BCUT2D eigenvalue weighted by molar-refractivity contribution is -0.133. The average Bonchev–Trinajstić information content (AvgIpc) is 3.15. The van der Waals surface area contributed by atoms with Gasteiger partial charge >= 0.3 is 5.97 Å². The van der Waals surface area contributed by atoms with E-state index in [1.54, 1.807) is 12.1 Å². The van der Waals surface area contributed by atoms with Crippen LogP contribution in [0.2, 0.25) is 0 Å². The minimum absolute atomic E-state index is 0.0539. The van der Waals surface area contributed by atoms with Gasteiger partial charge in [0.15, 0.2) is 0 Å². The van der Waals surface area contributed by atoms with Gasteiger partial charge in [0, 0.05) is 22.6 Å². The van der Waals surface area contributed by atoms with Crippen LogP contribution < -0.4 is 0 Å². The molecule has 0 saturated carbocycles. The predicted molar refractivity (Wildman–Crippen MR) is 113 cm³/mol. The van der Waals surface area contributed by atoms with Crippen molar-refractivity contribution in [2.75, 3.05) is 13.0 Å². The Morgan fingerprint density at radius 3 is 2.55 bits per heavy atom. The third-order valence-corrected chi connectivity index (χ3v) is 5.98. The fourth-order valence-corrected chi connectivity index (χ4v) is 4.50. The number of rotatable bonds is 4. The molecule has 1 aromatic heterocycles. The maximum absolute atomic E-state index is 12.9. The molecule has 2 atom stereocenters. The lowest BCUT2D eigenvalue weighted by Crippen LogP contribution is -2.48. The van der Waals surface area contributed by atoms with Crippen molar-refractivity contribution in [1.82, 2.24) is 9.88 Å². The van der Waals surface area contributed by atoms with Crippen LogP contribution in [0.1, 0.15) is 46.6 Å². The zero-order valence-corrected chi connectivity index (χ0v) is 17.2. The molecular formula is C23H23ClN2O3. The second-order valence-corrected chi connectivity index (χ2v) is 7.55. The lowest BCUT2D eigenvalue weighted by atomic mass is 9.87. The first kappa shape index (κ1) is 19.5. The molecule has 0 fully saturated rings. The van der Waals surface area contributed by atoms with Gasteiger partial charge in [-0.25, -0.2) is 4.79 Å². The molecular weight excluding hydrogens is 388 g/mol. The topological polar surface area (TPSA) is 62.4 Å². The van der Waals surface area contributed by atoms with Gasteiger partial charge in [0.25, 0.3) is 0 Å². The summed E-state index contributed by atoms with van der Waals surface area (Å²) in [5.41, 5.74) is 4.73. The van der Waals surface area contributed by atoms with E-state index in [1.165, 1.54) is 18.1 Å². The number of aromatic amines is 1. The van der Waals surface area contributed by atoms with Crippen molar-refractivity contribution in [2.45, 2.75) is 31.8 Å². The number of carbonyl (C=O) groups excluding carboxylic acids is 2. The molecule has 0 radical (unpaired) electrons. The maximum atomic E-state index is 12.9. The summed E-state index contributed by atoms with van der Waals surface area (Å²) < 4.78 is 4.80. The number of hydrogen-bond donors (Lipinski definition) is 1. The van der Waals surface area contributed by atoms with Crippen molar-refractivity contribution in [3.05, 3.63) is 70.9 Å². The highest BCUT2D eigenvalue weighted by Gasteiger charge is 2.39. The summed E-state index contributed by atoms with van der Waals surface area (Å²) in [4.78, 5) is 30.1. The Kier molecular flexibility index (Phi) is 5.33. The molecule has 3 aromatic rings. The van der Waals surface area contributed by atoms with E-state index in [4.69, 9.17) is 16.3 Å². The van der Waals surface area contributed by atoms with Crippen molar-refractivity contribution in [3.63, 3.8) is 0 Å². The molecule has 150 valence electrons. The highest BCUT2D eigenvalue weighted by Crippen LogP contribution is 2.41. The summed E-state index contributed by atoms with van der Waals surface area (Å²) in [5.74, 6) is -0.542. The number of carbonyl (C=O) groups is 2. The smallest absolute Gasteiger partial charge is 0.337 e. The Labute approximate surface area is 174 Å². The van der Waals surface area contributed by atoms with Crippen LogP contribution >= 0.6 is 11.6 Å². The van der Waals surface area contributed by atoms with Crippen molar-refractivity contribution in [3.8, 4) is 0 Å². The van der Waals surface area contributed by atoms with E-state index < -0.39 is 0 Å². The second kappa shape index (κ2) is 7.91. The summed E-state index contributed by atoms with van der Waals surface area (Å²) >= 11 is 5.99. The van der Waals surface area contributed by atoms with Gasteiger partial charge in [-0.15, -0.1) is 11.6 Å². The largest absolute Gasteiger partial charge is 0.465 e. The normalized spacial score (nSPS) is 18.5. The molecule has 1 aliphatic rings. The fourth-order valence-electron chi connectivity index (χ4n) is 4.36. The number of benzene rings is 2. The van der Waals surface area contributed by atoms with Crippen LogP contribution in [-0.2, 0) is 16.0 Å². The summed E-state index contributed by atoms with van der Waals surface area (Å²) in [6, 6.07) is 15.2. The molecule has 0 saturated heterocycles. The van der Waals surface area contributed by atoms with Crippen molar-refractivity contribution in [2.24, 2.45) is 0 Å². The van der Waals surface area contributed by atoms with E-state index in [2.05, 4.69) is 24.0 Å². The van der Waals surface area contributed by atoms with Gasteiger partial charge in [-0.1, -0.05) is 37.3 Å². The Morgan fingerprint density at radius 2 is 1.90 bits per heavy atom. The summed E-state index contributed by atoms with van der Waals surface area (Å²) in [5, 5.41) is 1.19. The minimum atomic E-state index is -0.383. The fraction of sp³-hybridized carbons (Fsp3) is 0.304. The number of methoxy groups -OCH3 is 1. The van der Waals surface area contributed by atoms with E-state index in [-0.39, 0.29) is 29.8 Å². The molecule has 0 spiro atoms. The number of halogens is 1. The van der Waals surface area contributed by atoms with Gasteiger partial charge in [-0.05, 0) is 42.2 Å². The Bertz CT molecular complexity index is 1060. The number of esters is 1. The molecule has 5 nitrogen and oxygen atoms in total. The summed E-state index contributed by atoms with van der Waals surface area (Å²) in [6.45, 7) is 2.09. The van der Waals surface area contributed by atoms with Gasteiger partial charge in [-0.2, -0.15) is 0 Å². The Hall–Kier alpha value is -2.79. The monoisotopic (exact) mass is 410 g/mol. The molecule has 29 heavy (non-hydrogen) atoms. The molecule has 0 unspecified atom stereocenters. The van der Waals surface area contributed by atoms with E-state index in [0.29, 0.717) is 5.56 Å². The van der Waals surface area contributed by atoms with Gasteiger partial charge in [0.1, 0.15) is 5.88 Å². The predicted octanol–water partition coefficient (Wildman–Crippen LogP) is 4.45. The van der Waals surface area contributed by atoms with Crippen LogP contribution in [0.5, 0.6) is 0 Å². The number of H-pyrrole nitrogens is 1. The van der Waals surface area contributed by atoms with Crippen molar-refractivity contribution < 1.29 is 14.3 Å². The Morgan fingerprint density at radius 1 is 1.17 bits per heavy atom. The number of ether oxygens (including phenoxy) is 1. The van der Waals surface area contributed by atoms with Crippen LogP contribution in [0.25, 0.3) is 10.9 Å². The lowest BCUT2D eigenvalue weighted by Gasteiger charge is -2.42. The Balaban J connectivity index is 1.89. The molecule has 0 bridgehead atoms. The molecule has 6 heteroatoms. The molecule has 0 aliphatic carbocycles. The SMILES string of the molecule is CC[C@H]1Cc2c([nH]c3ccccc23)[C@@H](c2ccc(C(=O)OC)cc2)N1C(=O)CCl. The third-order valence-electron chi connectivity index (χ3n) is 5.75. The van der Waals surface area contributed by atoms with Crippen LogP contribution in [0.15, 0.2) is 48.5 Å². The first-order chi connectivity index (χ1) is 14.1. The number of alkyl halides is 1. The first-order valence-electron chi connectivity index (χ1n) is 9.73. The van der Waals surface area contributed by atoms with Gasteiger partial charge in [0.2, 0.25) is 5.91 Å². The van der Waals surface area contributed by atoms with Gasteiger partial charge < -0.3 is 14.6 Å². The third kappa shape index (κ3) is 3.29. The van der Waals surface area contributed by atoms with Crippen LogP contribution in [0.3, 0.4) is 0 Å².